The summed E-state index contributed by atoms with van der Waals surface area (Å²) in [4.78, 5) is 0. The van der Waals surface area contributed by atoms with Crippen molar-refractivity contribution >= 4 is 11.0 Å². The molecule has 0 spiro atoms. The third kappa shape index (κ3) is 3.60. The average Bonchev–Trinajstić information content (AvgIpc) is 2.81. The van der Waals surface area contributed by atoms with Gasteiger partial charge in [-0.1, -0.05) is 37.3 Å². The predicted molar refractivity (Wildman–Crippen MR) is 88.1 cm³/mol. The Hall–Kier alpha value is -1.46. The molecule has 0 bridgehead atoms. The molecule has 0 amide bonds. The largest absolute Gasteiger partial charge is 0.268 e. The monoisotopic (exact) mass is 305 g/mol. The van der Waals surface area contributed by atoms with Gasteiger partial charge in [0.2, 0.25) is 0 Å². The van der Waals surface area contributed by atoms with Crippen LogP contribution in [0.4, 0.5) is 0 Å². The normalized spacial score (nSPS) is 14.9. The molecule has 21 heavy (non-hydrogen) atoms. The molecule has 0 fully saturated rings. The van der Waals surface area contributed by atoms with E-state index in [2.05, 4.69) is 30.2 Å². The number of rotatable bonds is 5. The van der Waals surface area contributed by atoms with E-state index >= 15 is 0 Å². The van der Waals surface area contributed by atoms with Crippen LogP contribution in [0.5, 0.6) is 0 Å². The summed E-state index contributed by atoms with van der Waals surface area (Å²) in [6.45, 7) is 5.97. The van der Waals surface area contributed by atoms with E-state index in [0.29, 0.717) is 0 Å². The number of aromatic nitrogens is 2. The van der Waals surface area contributed by atoms with Gasteiger partial charge in [-0.3, -0.25) is 9.82 Å². The fourth-order valence-corrected chi connectivity index (χ4v) is 2.95. The zero-order valence-corrected chi connectivity index (χ0v) is 13.9. The lowest BCUT2D eigenvalue weighted by molar-refractivity contribution is 0.528. The lowest BCUT2D eigenvalue weighted by Gasteiger charge is -2.24. The third-order valence-electron chi connectivity index (χ3n) is 3.82. The predicted octanol–water partition coefficient (Wildman–Crippen LogP) is 2.98. The van der Waals surface area contributed by atoms with Crippen LogP contribution < -0.4 is 5.14 Å². The Labute approximate surface area is 128 Å². The topological polar surface area (TPSA) is 60.9 Å². The van der Waals surface area contributed by atoms with Gasteiger partial charge in [0.15, 0.2) is 0 Å². The molecule has 0 aliphatic heterocycles. The maximum absolute atomic E-state index is 11.6. The number of hydrogen-bond acceptors (Lipinski definition) is 2. The molecule has 1 aromatic carbocycles. The Balaban J connectivity index is 2.25. The van der Waals surface area contributed by atoms with E-state index in [4.69, 9.17) is 5.14 Å². The van der Waals surface area contributed by atoms with E-state index in [1.54, 1.807) is 0 Å². The Morgan fingerprint density at radius 3 is 2.52 bits per heavy atom. The van der Waals surface area contributed by atoms with E-state index in [0.717, 1.165) is 23.4 Å². The van der Waals surface area contributed by atoms with E-state index in [1.807, 2.05) is 43.8 Å². The second-order valence-electron chi connectivity index (χ2n) is 6.11. The average molecular weight is 305 g/mol. The maximum Gasteiger partial charge on any atom is 0.0945 e. The van der Waals surface area contributed by atoms with Crippen molar-refractivity contribution < 1.29 is 4.21 Å². The molecule has 2 atom stereocenters. The Morgan fingerprint density at radius 2 is 1.95 bits per heavy atom. The highest BCUT2D eigenvalue weighted by molar-refractivity contribution is 7.84. The van der Waals surface area contributed by atoms with E-state index in [1.165, 1.54) is 0 Å². The highest BCUT2D eigenvalue weighted by atomic mass is 32.2. The van der Waals surface area contributed by atoms with Gasteiger partial charge in [-0.15, -0.1) is 0 Å². The molecule has 1 heterocycles. The first kappa shape index (κ1) is 15.9. The molecule has 0 saturated heterocycles. The van der Waals surface area contributed by atoms with Crippen molar-refractivity contribution in [1.82, 2.24) is 9.78 Å². The van der Waals surface area contributed by atoms with Crippen LogP contribution in [0.25, 0.3) is 11.3 Å². The van der Waals surface area contributed by atoms with E-state index in [-0.39, 0.29) is 5.92 Å². The van der Waals surface area contributed by atoms with Crippen LogP contribution in [-0.4, -0.2) is 18.7 Å². The fourth-order valence-electron chi connectivity index (χ4n) is 2.53. The summed E-state index contributed by atoms with van der Waals surface area (Å²) in [7, 11) is 0.610. The van der Waals surface area contributed by atoms with E-state index in [9.17, 15) is 4.21 Å². The second-order valence-corrected chi connectivity index (χ2v) is 7.81. The summed E-state index contributed by atoms with van der Waals surface area (Å²) in [5, 5.41) is 10.2. The summed E-state index contributed by atoms with van der Waals surface area (Å²) >= 11 is 0. The summed E-state index contributed by atoms with van der Waals surface area (Å²) < 4.78 is 13.1. The second kappa shape index (κ2) is 6.12. The molecular formula is C16H23N3OS. The number of hydrogen-bond donors (Lipinski definition) is 1. The highest BCUT2D eigenvalue weighted by Crippen LogP contribution is 2.30. The standard InChI is InChI=1S/C16H23N3OS/c1-12(11-16(2,3)21(17)20)14-10-15(19(4)18-14)13-8-6-5-7-9-13/h5-10,12H,11,17H2,1-4H3. The van der Waals surface area contributed by atoms with Gasteiger partial charge in [-0.05, 0) is 31.9 Å². The third-order valence-corrected chi connectivity index (χ3v) is 5.07. The smallest absolute Gasteiger partial charge is 0.0945 e. The number of nitrogens with two attached hydrogens (primary N) is 1. The highest BCUT2D eigenvalue weighted by Gasteiger charge is 2.28. The Morgan fingerprint density at radius 1 is 1.33 bits per heavy atom. The van der Waals surface area contributed by atoms with Crippen molar-refractivity contribution in [3.05, 3.63) is 42.1 Å². The van der Waals surface area contributed by atoms with Gasteiger partial charge < -0.3 is 0 Å². The summed E-state index contributed by atoms with van der Waals surface area (Å²) in [6.07, 6.45) is 0.737. The van der Waals surface area contributed by atoms with Gasteiger partial charge in [0.25, 0.3) is 0 Å². The van der Waals surface area contributed by atoms with Crippen molar-refractivity contribution in [2.24, 2.45) is 12.2 Å². The molecule has 114 valence electrons. The minimum Gasteiger partial charge on any atom is -0.268 e. The van der Waals surface area contributed by atoms with Crippen LogP contribution in [0, 0.1) is 0 Å². The van der Waals surface area contributed by atoms with Crippen molar-refractivity contribution in [2.75, 3.05) is 0 Å². The molecule has 0 saturated carbocycles. The SMILES string of the molecule is CC(CC(C)(C)S(N)=O)c1cc(-c2ccccc2)n(C)n1. The van der Waals surface area contributed by atoms with Crippen LogP contribution in [0.2, 0.25) is 0 Å². The van der Waals surface area contributed by atoms with Crippen molar-refractivity contribution in [3.8, 4) is 11.3 Å². The molecular weight excluding hydrogens is 282 g/mol. The molecule has 4 nitrogen and oxygen atoms in total. The van der Waals surface area contributed by atoms with Crippen molar-refractivity contribution in [2.45, 2.75) is 37.9 Å². The van der Waals surface area contributed by atoms with Gasteiger partial charge in [0.05, 0.1) is 27.1 Å². The molecule has 1 aromatic heterocycles. The fraction of sp³-hybridized carbons (Fsp3) is 0.438. The van der Waals surface area contributed by atoms with Gasteiger partial charge in [0.1, 0.15) is 0 Å². The van der Waals surface area contributed by atoms with Crippen molar-refractivity contribution in [3.63, 3.8) is 0 Å². The molecule has 2 aromatic rings. The van der Waals surface area contributed by atoms with Crippen molar-refractivity contribution in [1.29, 1.82) is 0 Å². The van der Waals surface area contributed by atoms with Gasteiger partial charge in [-0.2, -0.15) is 5.10 Å². The molecule has 2 rings (SSSR count). The van der Waals surface area contributed by atoms with Crippen LogP contribution in [-0.2, 0) is 18.0 Å². The number of benzene rings is 1. The summed E-state index contributed by atoms with van der Waals surface area (Å²) in [5.41, 5.74) is 3.24. The molecule has 0 aliphatic rings. The zero-order chi connectivity index (χ0) is 15.6. The molecule has 0 radical (unpaired) electrons. The quantitative estimate of drug-likeness (QED) is 0.923. The lowest BCUT2D eigenvalue weighted by atomic mass is 9.95. The van der Waals surface area contributed by atoms with Crippen LogP contribution in [0.15, 0.2) is 36.4 Å². The lowest BCUT2D eigenvalue weighted by Crippen LogP contribution is -2.33. The van der Waals surface area contributed by atoms with Gasteiger partial charge in [-0.25, -0.2) is 4.21 Å². The van der Waals surface area contributed by atoms with Crippen LogP contribution in [0.1, 0.15) is 38.8 Å². The van der Waals surface area contributed by atoms with Gasteiger partial charge >= 0.3 is 0 Å². The summed E-state index contributed by atoms with van der Waals surface area (Å²) in [5.74, 6) is 0.205. The van der Waals surface area contributed by atoms with Gasteiger partial charge in [0, 0.05) is 13.0 Å². The first-order chi connectivity index (χ1) is 9.81. The maximum atomic E-state index is 11.6. The molecule has 2 N–H and O–H groups in total. The first-order valence-corrected chi connectivity index (χ1v) is 8.28. The minimum absolute atomic E-state index is 0.205. The number of nitrogens with zero attached hydrogens (tertiary/aromatic N) is 2. The molecule has 5 heteroatoms. The van der Waals surface area contributed by atoms with E-state index < -0.39 is 15.7 Å². The first-order valence-electron chi connectivity index (χ1n) is 7.07. The minimum atomic E-state index is -1.34. The van der Waals surface area contributed by atoms with Crippen LogP contribution >= 0.6 is 0 Å². The molecule has 0 aliphatic carbocycles. The summed E-state index contributed by atoms with van der Waals surface area (Å²) in [6, 6.07) is 12.3. The molecule has 2 unspecified atom stereocenters. The zero-order valence-electron chi connectivity index (χ0n) is 13.0. The number of aryl methyl sites for hydroxylation is 1. The van der Waals surface area contributed by atoms with Crippen LogP contribution in [0.3, 0.4) is 0 Å². The Kier molecular flexibility index (Phi) is 4.64. The Bertz CT molecular complexity index is 634.